The number of hydrogen-bond acceptors (Lipinski definition) is 5. The first-order chi connectivity index (χ1) is 12.2. The van der Waals surface area contributed by atoms with Gasteiger partial charge in [-0.15, -0.1) is 17.9 Å². The number of nitrogens with zero attached hydrogens (tertiary/aromatic N) is 3. The van der Waals surface area contributed by atoms with E-state index in [1.807, 2.05) is 0 Å². The fraction of sp³-hybridized carbons (Fsp3) is 0.526. The first-order valence-corrected chi connectivity index (χ1v) is 10.6. The minimum Gasteiger partial charge on any atom is -0.283 e. The third-order valence-corrected chi connectivity index (χ3v) is 6.82. The summed E-state index contributed by atoms with van der Waals surface area (Å²) in [6.45, 7) is 6.56. The number of allylic oxidation sites excluding steroid dienone is 1. The van der Waals surface area contributed by atoms with Crippen LogP contribution in [0.1, 0.15) is 43.0 Å². The molecule has 2 aromatic rings. The van der Waals surface area contributed by atoms with Crippen LogP contribution in [0.25, 0.3) is 10.2 Å². The van der Waals surface area contributed by atoms with E-state index < -0.39 is 0 Å². The Morgan fingerprint density at radius 3 is 3.12 bits per heavy atom. The van der Waals surface area contributed by atoms with Crippen molar-refractivity contribution in [3.05, 3.63) is 33.4 Å². The summed E-state index contributed by atoms with van der Waals surface area (Å²) < 4.78 is 1.76. The van der Waals surface area contributed by atoms with Gasteiger partial charge in [-0.3, -0.25) is 9.36 Å². The molecule has 3 rings (SSSR count). The van der Waals surface area contributed by atoms with Gasteiger partial charge in [0, 0.05) is 23.6 Å². The fourth-order valence-electron chi connectivity index (χ4n) is 3.27. The molecule has 0 radical (unpaired) electrons. The van der Waals surface area contributed by atoms with E-state index in [2.05, 4.69) is 19.6 Å². The van der Waals surface area contributed by atoms with Gasteiger partial charge in [-0.05, 0) is 43.6 Å². The molecular weight excluding hydrogens is 350 g/mol. The number of hydrogen-bond donors (Lipinski definition) is 0. The molecule has 132 valence electrons. The highest BCUT2D eigenvalue weighted by Gasteiger charge is 2.24. The minimum atomic E-state index is 0.0801. The molecule has 25 heavy (non-hydrogen) atoms. The highest BCUT2D eigenvalue weighted by Crippen LogP contribution is 2.36. The van der Waals surface area contributed by atoms with E-state index in [-0.39, 0.29) is 5.56 Å². The van der Waals surface area contributed by atoms with Gasteiger partial charge in [0.25, 0.3) is 5.56 Å². The average Bonchev–Trinajstić information content (AvgIpc) is 2.95. The summed E-state index contributed by atoms with van der Waals surface area (Å²) in [6, 6.07) is 2.17. The topological polar surface area (TPSA) is 58.7 Å². The number of aromatic nitrogens is 2. The first kappa shape index (κ1) is 18.2. The predicted octanol–water partition coefficient (Wildman–Crippen LogP) is 4.55. The molecule has 0 aliphatic heterocycles. The molecule has 1 atom stereocenters. The summed E-state index contributed by atoms with van der Waals surface area (Å²) in [5.41, 5.74) is 1.32. The average molecular weight is 374 g/mol. The minimum absolute atomic E-state index is 0.0801. The summed E-state index contributed by atoms with van der Waals surface area (Å²) in [6.07, 6.45) is 7.39. The van der Waals surface area contributed by atoms with Crippen molar-refractivity contribution in [2.75, 3.05) is 5.75 Å². The van der Waals surface area contributed by atoms with E-state index in [1.54, 1.807) is 33.7 Å². The molecule has 0 fully saturated rings. The lowest BCUT2D eigenvalue weighted by atomic mass is 9.89. The molecule has 0 amide bonds. The maximum atomic E-state index is 13.1. The lowest BCUT2D eigenvalue weighted by molar-refractivity contribution is 0.509. The Balaban J connectivity index is 1.96. The monoisotopic (exact) mass is 373 g/mol. The van der Waals surface area contributed by atoms with Crippen LogP contribution in [0, 0.1) is 17.2 Å². The van der Waals surface area contributed by atoms with Gasteiger partial charge < -0.3 is 0 Å². The van der Waals surface area contributed by atoms with Gasteiger partial charge in [-0.25, -0.2) is 4.98 Å². The zero-order valence-electron chi connectivity index (χ0n) is 14.6. The molecule has 2 aromatic heterocycles. The third-order valence-electron chi connectivity index (χ3n) is 4.61. The van der Waals surface area contributed by atoms with E-state index >= 15 is 0 Å². The highest BCUT2D eigenvalue weighted by atomic mass is 32.2. The Morgan fingerprint density at radius 2 is 2.36 bits per heavy atom. The molecule has 0 N–H and O–H groups in total. The van der Waals surface area contributed by atoms with Gasteiger partial charge in [0.2, 0.25) is 0 Å². The Labute approximate surface area is 156 Å². The van der Waals surface area contributed by atoms with Crippen molar-refractivity contribution in [3.8, 4) is 6.07 Å². The van der Waals surface area contributed by atoms with Crippen molar-refractivity contribution in [2.24, 2.45) is 5.92 Å². The number of fused-ring (bicyclic) bond motifs is 3. The standard InChI is InChI=1S/C19H23N3OS2/c1-3-10-22-18(23)16-14-8-7-13(2)12-15(14)25-17(16)21-19(22)24-11-6-4-5-9-20/h3,13H,1,4-8,10-12H2,2H3. The van der Waals surface area contributed by atoms with Gasteiger partial charge in [0.15, 0.2) is 5.16 Å². The molecule has 0 saturated heterocycles. The fourth-order valence-corrected chi connectivity index (χ4v) is 5.71. The van der Waals surface area contributed by atoms with Crippen molar-refractivity contribution in [1.82, 2.24) is 9.55 Å². The van der Waals surface area contributed by atoms with Crippen LogP contribution >= 0.6 is 23.1 Å². The quantitative estimate of drug-likeness (QED) is 0.309. The Bertz CT molecular complexity index is 875. The zero-order valence-corrected chi connectivity index (χ0v) is 16.2. The molecule has 2 heterocycles. The van der Waals surface area contributed by atoms with Crippen LogP contribution in [0.15, 0.2) is 22.6 Å². The molecule has 4 nitrogen and oxygen atoms in total. The van der Waals surface area contributed by atoms with Crippen molar-refractivity contribution >= 4 is 33.3 Å². The Morgan fingerprint density at radius 1 is 1.52 bits per heavy atom. The molecule has 1 unspecified atom stereocenters. The number of nitriles is 1. The molecule has 0 aromatic carbocycles. The smallest absolute Gasteiger partial charge is 0.263 e. The molecule has 0 spiro atoms. The zero-order chi connectivity index (χ0) is 17.8. The molecular formula is C19H23N3OS2. The van der Waals surface area contributed by atoms with Crippen LogP contribution in [0.2, 0.25) is 0 Å². The number of thiophene rings is 1. The van der Waals surface area contributed by atoms with Crippen molar-refractivity contribution in [3.63, 3.8) is 0 Å². The summed E-state index contributed by atoms with van der Waals surface area (Å²) in [7, 11) is 0. The highest BCUT2D eigenvalue weighted by molar-refractivity contribution is 7.99. The van der Waals surface area contributed by atoms with E-state index in [0.29, 0.717) is 18.9 Å². The van der Waals surface area contributed by atoms with Crippen LogP contribution in [0.5, 0.6) is 0 Å². The first-order valence-electron chi connectivity index (χ1n) is 8.81. The van der Waals surface area contributed by atoms with Crippen LogP contribution in [-0.4, -0.2) is 15.3 Å². The van der Waals surface area contributed by atoms with Gasteiger partial charge in [0.05, 0.1) is 11.5 Å². The van der Waals surface area contributed by atoms with Crippen LogP contribution in [0.3, 0.4) is 0 Å². The number of aryl methyl sites for hydroxylation is 1. The molecule has 1 aliphatic rings. The lowest BCUT2D eigenvalue weighted by Gasteiger charge is -2.17. The predicted molar refractivity (Wildman–Crippen MR) is 105 cm³/mol. The third kappa shape index (κ3) is 3.83. The summed E-state index contributed by atoms with van der Waals surface area (Å²) in [5, 5.41) is 10.2. The largest absolute Gasteiger partial charge is 0.283 e. The molecule has 6 heteroatoms. The summed E-state index contributed by atoms with van der Waals surface area (Å²) in [4.78, 5) is 20.2. The normalized spacial score (nSPS) is 16.6. The summed E-state index contributed by atoms with van der Waals surface area (Å²) in [5.74, 6) is 1.56. The number of unbranched alkanes of at least 4 members (excludes halogenated alkanes) is 2. The Kier molecular flexibility index (Phi) is 5.98. The lowest BCUT2D eigenvalue weighted by Crippen LogP contribution is -2.23. The second kappa shape index (κ2) is 8.20. The second-order valence-electron chi connectivity index (χ2n) is 6.59. The van der Waals surface area contributed by atoms with Crippen LogP contribution in [-0.2, 0) is 19.4 Å². The van der Waals surface area contributed by atoms with Gasteiger partial charge in [-0.1, -0.05) is 24.8 Å². The SMILES string of the molecule is C=CCn1c(SCCCCC#N)nc2sc3c(c2c1=O)CCC(C)C3. The Hall–Kier alpha value is -1.58. The van der Waals surface area contributed by atoms with Crippen molar-refractivity contribution in [1.29, 1.82) is 5.26 Å². The second-order valence-corrected chi connectivity index (χ2v) is 8.74. The molecule has 0 saturated carbocycles. The summed E-state index contributed by atoms with van der Waals surface area (Å²) >= 11 is 3.31. The maximum Gasteiger partial charge on any atom is 0.263 e. The van der Waals surface area contributed by atoms with Crippen LogP contribution in [0.4, 0.5) is 0 Å². The van der Waals surface area contributed by atoms with Gasteiger partial charge in [-0.2, -0.15) is 5.26 Å². The van der Waals surface area contributed by atoms with Crippen molar-refractivity contribution in [2.45, 2.75) is 57.1 Å². The van der Waals surface area contributed by atoms with E-state index in [1.165, 1.54) is 10.4 Å². The van der Waals surface area contributed by atoms with Gasteiger partial charge >= 0.3 is 0 Å². The van der Waals surface area contributed by atoms with E-state index in [0.717, 1.165) is 53.2 Å². The van der Waals surface area contributed by atoms with Crippen LogP contribution < -0.4 is 5.56 Å². The van der Waals surface area contributed by atoms with E-state index in [4.69, 9.17) is 10.2 Å². The molecule has 1 aliphatic carbocycles. The number of rotatable bonds is 7. The molecule has 0 bridgehead atoms. The van der Waals surface area contributed by atoms with E-state index in [9.17, 15) is 4.79 Å². The maximum absolute atomic E-state index is 13.1. The van der Waals surface area contributed by atoms with Crippen molar-refractivity contribution < 1.29 is 0 Å². The number of thioether (sulfide) groups is 1. The van der Waals surface area contributed by atoms with Gasteiger partial charge in [0.1, 0.15) is 4.83 Å².